The first-order chi connectivity index (χ1) is 11.4. The third kappa shape index (κ3) is 5.25. The Balaban J connectivity index is 1.80. The molecule has 1 N–H and O–H groups in total. The van der Waals surface area contributed by atoms with Crippen LogP contribution < -0.4 is 4.72 Å². The fourth-order valence-electron chi connectivity index (χ4n) is 2.60. The molecule has 1 amide bonds. The summed E-state index contributed by atoms with van der Waals surface area (Å²) < 4.78 is 41.1. The van der Waals surface area contributed by atoms with Gasteiger partial charge in [-0.15, -0.1) is 0 Å². The Kier molecular flexibility index (Phi) is 6.70. The first-order valence-electron chi connectivity index (χ1n) is 8.19. The number of rotatable bonds is 7. The largest absolute Gasteiger partial charge is 0.340 e. The standard InChI is InChI=1S/C16H24FN3O3S/c1-2-8-18-24(22,23)20-11-9-19(10-12-20)16(21)7-6-14-4-3-5-15(17)13-14/h3-5,13,18H,2,6-12H2,1H3. The van der Waals surface area contributed by atoms with Crippen molar-refractivity contribution in [1.82, 2.24) is 13.9 Å². The summed E-state index contributed by atoms with van der Waals surface area (Å²) in [5, 5.41) is 0. The molecular formula is C16H24FN3O3S. The minimum atomic E-state index is -3.45. The number of amides is 1. The number of nitrogens with one attached hydrogen (secondary N) is 1. The maximum absolute atomic E-state index is 13.1. The Morgan fingerprint density at radius 2 is 1.96 bits per heavy atom. The molecule has 1 fully saturated rings. The second-order valence-corrected chi connectivity index (χ2v) is 7.56. The van der Waals surface area contributed by atoms with Gasteiger partial charge in [-0.3, -0.25) is 4.79 Å². The molecule has 6 nitrogen and oxygen atoms in total. The molecule has 0 aromatic heterocycles. The van der Waals surface area contributed by atoms with Gasteiger partial charge in [0.25, 0.3) is 10.2 Å². The van der Waals surface area contributed by atoms with Gasteiger partial charge in [0.1, 0.15) is 5.82 Å². The van der Waals surface area contributed by atoms with Crippen molar-refractivity contribution in [3.05, 3.63) is 35.6 Å². The number of carbonyl (C=O) groups excluding carboxylic acids is 1. The van der Waals surface area contributed by atoms with Gasteiger partial charge in [0.2, 0.25) is 5.91 Å². The van der Waals surface area contributed by atoms with Gasteiger partial charge in [-0.2, -0.15) is 12.7 Å². The fraction of sp³-hybridized carbons (Fsp3) is 0.562. The normalized spacial score (nSPS) is 16.3. The van der Waals surface area contributed by atoms with Crippen molar-refractivity contribution in [2.75, 3.05) is 32.7 Å². The summed E-state index contributed by atoms with van der Waals surface area (Å²) in [5.41, 5.74) is 0.785. The number of halogens is 1. The third-order valence-corrected chi connectivity index (χ3v) is 5.60. The zero-order valence-electron chi connectivity index (χ0n) is 13.9. The minimum Gasteiger partial charge on any atom is -0.340 e. The lowest BCUT2D eigenvalue weighted by Gasteiger charge is -2.34. The Morgan fingerprint density at radius 3 is 2.58 bits per heavy atom. The second-order valence-electron chi connectivity index (χ2n) is 5.81. The van der Waals surface area contributed by atoms with Crippen LogP contribution in [0, 0.1) is 5.82 Å². The van der Waals surface area contributed by atoms with Gasteiger partial charge < -0.3 is 4.90 Å². The second kappa shape index (κ2) is 8.55. The maximum atomic E-state index is 13.1. The van der Waals surface area contributed by atoms with E-state index in [9.17, 15) is 17.6 Å². The summed E-state index contributed by atoms with van der Waals surface area (Å²) in [7, 11) is -3.45. The quantitative estimate of drug-likeness (QED) is 0.796. The summed E-state index contributed by atoms with van der Waals surface area (Å²) in [4.78, 5) is 13.9. The highest BCUT2D eigenvalue weighted by molar-refractivity contribution is 7.87. The molecule has 1 aromatic rings. The number of hydrogen-bond acceptors (Lipinski definition) is 3. The lowest BCUT2D eigenvalue weighted by atomic mass is 10.1. The molecule has 8 heteroatoms. The number of aryl methyl sites for hydroxylation is 1. The molecule has 0 saturated carbocycles. The molecule has 1 heterocycles. The highest BCUT2D eigenvalue weighted by atomic mass is 32.2. The van der Waals surface area contributed by atoms with Crippen molar-refractivity contribution in [2.24, 2.45) is 0 Å². The smallest absolute Gasteiger partial charge is 0.279 e. The van der Waals surface area contributed by atoms with Crippen molar-refractivity contribution < 1.29 is 17.6 Å². The van der Waals surface area contributed by atoms with Crippen molar-refractivity contribution in [3.63, 3.8) is 0 Å². The van der Waals surface area contributed by atoms with E-state index >= 15 is 0 Å². The van der Waals surface area contributed by atoms with Crippen LogP contribution in [0.1, 0.15) is 25.3 Å². The Morgan fingerprint density at radius 1 is 1.25 bits per heavy atom. The van der Waals surface area contributed by atoms with Gasteiger partial charge in [-0.1, -0.05) is 19.1 Å². The van der Waals surface area contributed by atoms with E-state index in [1.807, 2.05) is 6.92 Å². The summed E-state index contributed by atoms with van der Waals surface area (Å²) in [5.74, 6) is -0.337. The number of carbonyl (C=O) groups is 1. The molecular weight excluding hydrogens is 333 g/mol. The van der Waals surface area contributed by atoms with E-state index in [0.717, 1.165) is 12.0 Å². The Labute approximate surface area is 142 Å². The number of piperazine rings is 1. The van der Waals surface area contributed by atoms with Crippen LogP contribution in [0.15, 0.2) is 24.3 Å². The highest BCUT2D eigenvalue weighted by Crippen LogP contribution is 2.11. The van der Waals surface area contributed by atoms with Crippen molar-refractivity contribution in [2.45, 2.75) is 26.2 Å². The first-order valence-corrected chi connectivity index (χ1v) is 9.63. The molecule has 0 unspecified atom stereocenters. The molecule has 0 aliphatic carbocycles. The van der Waals surface area contributed by atoms with Crippen molar-refractivity contribution in [1.29, 1.82) is 0 Å². The van der Waals surface area contributed by atoms with Crippen LogP contribution in [0.3, 0.4) is 0 Å². The predicted octanol–water partition coefficient (Wildman–Crippen LogP) is 1.15. The van der Waals surface area contributed by atoms with Gasteiger partial charge in [-0.05, 0) is 30.5 Å². The maximum Gasteiger partial charge on any atom is 0.279 e. The van der Waals surface area contributed by atoms with Crippen LogP contribution in [0.4, 0.5) is 4.39 Å². The molecule has 0 bridgehead atoms. The summed E-state index contributed by atoms with van der Waals surface area (Å²) in [6.45, 7) is 3.67. The van der Waals surface area contributed by atoms with Gasteiger partial charge in [0, 0.05) is 39.1 Å². The van der Waals surface area contributed by atoms with E-state index in [-0.39, 0.29) is 11.7 Å². The molecule has 1 aliphatic rings. The minimum absolute atomic E-state index is 0.0298. The molecule has 1 aromatic carbocycles. The lowest BCUT2D eigenvalue weighted by molar-refractivity contribution is -0.132. The lowest BCUT2D eigenvalue weighted by Crippen LogP contribution is -2.53. The van der Waals surface area contributed by atoms with Crippen molar-refractivity contribution >= 4 is 16.1 Å². The zero-order chi connectivity index (χ0) is 17.6. The number of benzene rings is 1. The van der Waals surface area contributed by atoms with Crippen molar-refractivity contribution in [3.8, 4) is 0 Å². The molecule has 24 heavy (non-hydrogen) atoms. The van der Waals surface area contributed by atoms with E-state index in [4.69, 9.17) is 0 Å². The predicted molar refractivity (Wildman–Crippen MR) is 90.1 cm³/mol. The zero-order valence-corrected chi connectivity index (χ0v) is 14.7. The van der Waals surface area contributed by atoms with Crippen LogP contribution in [-0.4, -0.2) is 56.3 Å². The number of nitrogens with zero attached hydrogens (tertiary/aromatic N) is 2. The molecule has 0 radical (unpaired) electrons. The van der Waals surface area contributed by atoms with Crippen LogP contribution in [-0.2, 0) is 21.4 Å². The summed E-state index contributed by atoms with van der Waals surface area (Å²) in [6.07, 6.45) is 1.51. The van der Waals surface area contributed by atoms with E-state index in [1.54, 1.807) is 17.0 Å². The van der Waals surface area contributed by atoms with Gasteiger partial charge in [0.05, 0.1) is 0 Å². The average Bonchev–Trinajstić information content (AvgIpc) is 2.58. The van der Waals surface area contributed by atoms with E-state index in [1.165, 1.54) is 16.4 Å². The number of hydrogen-bond donors (Lipinski definition) is 1. The Hall–Kier alpha value is -1.51. The molecule has 134 valence electrons. The molecule has 0 spiro atoms. The molecule has 0 atom stereocenters. The van der Waals surface area contributed by atoms with E-state index < -0.39 is 10.2 Å². The van der Waals surface area contributed by atoms with Crippen LogP contribution in [0.5, 0.6) is 0 Å². The monoisotopic (exact) mass is 357 g/mol. The fourth-order valence-corrected chi connectivity index (χ4v) is 3.89. The average molecular weight is 357 g/mol. The molecule has 1 aliphatic heterocycles. The van der Waals surface area contributed by atoms with E-state index in [0.29, 0.717) is 45.6 Å². The van der Waals surface area contributed by atoms with Crippen LogP contribution in [0.2, 0.25) is 0 Å². The van der Waals surface area contributed by atoms with E-state index in [2.05, 4.69) is 4.72 Å². The topological polar surface area (TPSA) is 69.7 Å². The molecule has 2 rings (SSSR count). The summed E-state index contributed by atoms with van der Waals surface area (Å²) >= 11 is 0. The SMILES string of the molecule is CCCNS(=O)(=O)N1CCN(C(=O)CCc2cccc(F)c2)CC1. The molecule has 1 saturated heterocycles. The Bertz CT molecular complexity index is 658. The van der Waals surface area contributed by atoms with Crippen LogP contribution >= 0.6 is 0 Å². The highest BCUT2D eigenvalue weighted by Gasteiger charge is 2.28. The van der Waals surface area contributed by atoms with Gasteiger partial charge in [0.15, 0.2) is 0 Å². The third-order valence-electron chi connectivity index (χ3n) is 3.98. The summed E-state index contributed by atoms with van der Waals surface area (Å²) in [6, 6.07) is 6.22. The van der Waals surface area contributed by atoms with Crippen LogP contribution in [0.25, 0.3) is 0 Å². The van der Waals surface area contributed by atoms with Gasteiger partial charge in [-0.25, -0.2) is 9.11 Å². The van der Waals surface area contributed by atoms with Gasteiger partial charge >= 0.3 is 0 Å². The first kappa shape index (κ1) is 18.8.